The summed E-state index contributed by atoms with van der Waals surface area (Å²) in [4.78, 5) is 0. The summed E-state index contributed by atoms with van der Waals surface area (Å²) in [6.45, 7) is 3.26. The average Bonchev–Trinajstić information content (AvgIpc) is 2.76. The van der Waals surface area contributed by atoms with Crippen molar-refractivity contribution in [3.05, 3.63) is 35.9 Å². The van der Waals surface area contributed by atoms with Gasteiger partial charge in [-0.05, 0) is 43.7 Å². The summed E-state index contributed by atoms with van der Waals surface area (Å²) in [5.74, 6) is 0.585. The highest BCUT2D eigenvalue weighted by Gasteiger charge is 2.24. The molecule has 1 fully saturated rings. The van der Waals surface area contributed by atoms with Crippen LogP contribution < -0.4 is 5.32 Å². The Hall–Kier alpha value is -0.860. The molecule has 0 heterocycles. The largest absolute Gasteiger partial charge is 0.392 e. The van der Waals surface area contributed by atoms with E-state index in [1.54, 1.807) is 0 Å². The molecule has 2 rings (SSSR count). The van der Waals surface area contributed by atoms with E-state index in [1.165, 1.54) is 5.56 Å². The smallest absolute Gasteiger partial charge is 0.0693 e. The molecule has 0 aromatic heterocycles. The van der Waals surface area contributed by atoms with E-state index in [1.807, 2.05) is 0 Å². The number of aliphatic hydroxyl groups excluding tert-OH is 1. The Morgan fingerprint density at radius 3 is 2.71 bits per heavy atom. The van der Waals surface area contributed by atoms with E-state index in [4.69, 9.17) is 0 Å². The molecule has 94 valence electrons. The van der Waals surface area contributed by atoms with Crippen LogP contribution in [0.2, 0.25) is 0 Å². The van der Waals surface area contributed by atoms with Crippen LogP contribution in [0.5, 0.6) is 0 Å². The fourth-order valence-electron chi connectivity index (χ4n) is 2.61. The molecule has 0 aliphatic heterocycles. The zero-order valence-electron chi connectivity index (χ0n) is 10.6. The predicted molar refractivity (Wildman–Crippen MR) is 71.1 cm³/mol. The number of rotatable bonds is 5. The van der Waals surface area contributed by atoms with Crippen LogP contribution in [-0.4, -0.2) is 23.8 Å². The van der Waals surface area contributed by atoms with Gasteiger partial charge in [0.2, 0.25) is 0 Å². The molecule has 1 unspecified atom stereocenters. The summed E-state index contributed by atoms with van der Waals surface area (Å²) in [6, 6.07) is 11.0. The Morgan fingerprint density at radius 1 is 1.29 bits per heavy atom. The molecule has 2 heteroatoms. The minimum atomic E-state index is -0.123. The molecule has 3 atom stereocenters. The first-order valence-electron chi connectivity index (χ1n) is 6.74. The topological polar surface area (TPSA) is 32.3 Å². The van der Waals surface area contributed by atoms with E-state index in [0.717, 1.165) is 32.2 Å². The SMILES string of the molecule is CC(CCN[C@@H]1CCC[C@H]1O)c1ccccc1. The van der Waals surface area contributed by atoms with Gasteiger partial charge in [-0.2, -0.15) is 0 Å². The molecule has 0 spiro atoms. The highest BCUT2D eigenvalue weighted by atomic mass is 16.3. The maximum Gasteiger partial charge on any atom is 0.0693 e. The summed E-state index contributed by atoms with van der Waals surface area (Å²) < 4.78 is 0. The van der Waals surface area contributed by atoms with Gasteiger partial charge in [-0.15, -0.1) is 0 Å². The van der Waals surface area contributed by atoms with Crippen molar-refractivity contribution >= 4 is 0 Å². The first-order valence-corrected chi connectivity index (χ1v) is 6.74. The van der Waals surface area contributed by atoms with Gasteiger partial charge in [0.1, 0.15) is 0 Å². The van der Waals surface area contributed by atoms with Gasteiger partial charge in [0.15, 0.2) is 0 Å². The van der Waals surface area contributed by atoms with E-state index < -0.39 is 0 Å². The third-order valence-corrected chi connectivity index (χ3v) is 3.83. The number of benzene rings is 1. The average molecular weight is 233 g/mol. The van der Waals surface area contributed by atoms with Crippen molar-refractivity contribution in [3.8, 4) is 0 Å². The molecule has 0 amide bonds. The van der Waals surface area contributed by atoms with Crippen molar-refractivity contribution in [2.75, 3.05) is 6.54 Å². The van der Waals surface area contributed by atoms with Gasteiger partial charge in [0.25, 0.3) is 0 Å². The summed E-state index contributed by atoms with van der Waals surface area (Å²) in [6.07, 6.45) is 4.26. The number of aliphatic hydroxyl groups is 1. The molecule has 0 saturated heterocycles. The molecule has 1 saturated carbocycles. The molecule has 0 radical (unpaired) electrons. The van der Waals surface area contributed by atoms with Gasteiger partial charge < -0.3 is 10.4 Å². The third-order valence-electron chi connectivity index (χ3n) is 3.83. The fourth-order valence-corrected chi connectivity index (χ4v) is 2.61. The number of hydrogen-bond acceptors (Lipinski definition) is 2. The molecule has 1 aromatic carbocycles. The molecule has 1 aliphatic carbocycles. The normalized spacial score (nSPS) is 26.0. The van der Waals surface area contributed by atoms with Crippen LogP contribution in [0.15, 0.2) is 30.3 Å². The van der Waals surface area contributed by atoms with Crippen LogP contribution in [0, 0.1) is 0 Å². The molecular formula is C15H23NO. The van der Waals surface area contributed by atoms with Crippen molar-refractivity contribution in [1.82, 2.24) is 5.32 Å². The summed E-state index contributed by atoms with van der Waals surface area (Å²) in [7, 11) is 0. The van der Waals surface area contributed by atoms with E-state index in [0.29, 0.717) is 12.0 Å². The Kier molecular flexibility index (Phi) is 4.57. The summed E-state index contributed by atoms with van der Waals surface area (Å²) in [5, 5.41) is 13.2. The Bertz CT molecular complexity index is 325. The second-order valence-corrected chi connectivity index (χ2v) is 5.16. The lowest BCUT2D eigenvalue weighted by Crippen LogP contribution is -2.36. The van der Waals surface area contributed by atoms with Gasteiger partial charge in [-0.3, -0.25) is 0 Å². The van der Waals surface area contributed by atoms with Crippen molar-refractivity contribution in [2.45, 2.75) is 50.7 Å². The third kappa shape index (κ3) is 3.55. The van der Waals surface area contributed by atoms with Crippen molar-refractivity contribution in [3.63, 3.8) is 0 Å². The van der Waals surface area contributed by atoms with Crippen LogP contribution in [0.1, 0.15) is 44.1 Å². The highest BCUT2D eigenvalue weighted by molar-refractivity contribution is 5.18. The van der Waals surface area contributed by atoms with Crippen LogP contribution in [0.3, 0.4) is 0 Å². The fraction of sp³-hybridized carbons (Fsp3) is 0.600. The Labute approximate surface area is 104 Å². The summed E-state index contributed by atoms with van der Waals surface area (Å²) in [5.41, 5.74) is 1.40. The van der Waals surface area contributed by atoms with E-state index in [-0.39, 0.29) is 6.10 Å². The highest BCUT2D eigenvalue weighted by Crippen LogP contribution is 2.20. The minimum absolute atomic E-state index is 0.123. The van der Waals surface area contributed by atoms with Crippen molar-refractivity contribution < 1.29 is 5.11 Å². The lowest BCUT2D eigenvalue weighted by atomic mass is 9.98. The van der Waals surface area contributed by atoms with E-state index >= 15 is 0 Å². The second kappa shape index (κ2) is 6.18. The second-order valence-electron chi connectivity index (χ2n) is 5.16. The van der Waals surface area contributed by atoms with E-state index in [2.05, 4.69) is 42.6 Å². The molecule has 2 nitrogen and oxygen atoms in total. The van der Waals surface area contributed by atoms with Gasteiger partial charge in [0, 0.05) is 6.04 Å². The van der Waals surface area contributed by atoms with Gasteiger partial charge >= 0.3 is 0 Å². The first kappa shape index (κ1) is 12.6. The van der Waals surface area contributed by atoms with Crippen molar-refractivity contribution in [2.24, 2.45) is 0 Å². The standard InChI is InChI=1S/C15H23NO/c1-12(13-6-3-2-4-7-13)10-11-16-14-8-5-9-15(14)17/h2-4,6-7,12,14-17H,5,8-11H2,1H3/t12?,14-,15-/m1/s1. The maximum absolute atomic E-state index is 9.71. The molecule has 0 bridgehead atoms. The lowest BCUT2D eigenvalue weighted by Gasteiger charge is -2.18. The van der Waals surface area contributed by atoms with Gasteiger partial charge in [-0.25, -0.2) is 0 Å². The zero-order chi connectivity index (χ0) is 12.1. The van der Waals surface area contributed by atoms with Gasteiger partial charge in [-0.1, -0.05) is 37.3 Å². The first-order chi connectivity index (χ1) is 8.27. The van der Waals surface area contributed by atoms with E-state index in [9.17, 15) is 5.11 Å². The molecular weight excluding hydrogens is 210 g/mol. The van der Waals surface area contributed by atoms with Gasteiger partial charge in [0.05, 0.1) is 6.10 Å². The Morgan fingerprint density at radius 2 is 2.06 bits per heavy atom. The summed E-state index contributed by atoms with van der Waals surface area (Å²) >= 11 is 0. The minimum Gasteiger partial charge on any atom is -0.392 e. The van der Waals surface area contributed by atoms with Crippen LogP contribution in [-0.2, 0) is 0 Å². The molecule has 17 heavy (non-hydrogen) atoms. The monoisotopic (exact) mass is 233 g/mol. The number of hydrogen-bond donors (Lipinski definition) is 2. The lowest BCUT2D eigenvalue weighted by molar-refractivity contribution is 0.149. The van der Waals surface area contributed by atoms with Crippen molar-refractivity contribution in [1.29, 1.82) is 0 Å². The molecule has 1 aromatic rings. The van der Waals surface area contributed by atoms with Crippen LogP contribution >= 0.6 is 0 Å². The zero-order valence-corrected chi connectivity index (χ0v) is 10.6. The van der Waals surface area contributed by atoms with Crippen LogP contribution in [0.4, 0.5) is 0 Å². The molecule has 2 N–H and O–H groups in total. The quantitative estimate of drug-likeness (QED) is 0.819. The van der Waals surface area contributed by atoms with Crippen LogP contribution in [0.25, 0.3) is 0 Å². The Balaban J connectivity index is 1.71. The molecule has 1 aliphatic rings. The predicted octanol–water partition coefficient (Wildman–Crippen LogP) is 2.68. The number of nitrogens with one attached hydrogen (secondary N) is 1. The maximum atomic E-state index is 9.71.